The normalized spacial score (nSPS) is 15.0. The number of amides is 2. The van der Waals surface area contributed by atoms with Crippen molar-refractivity contribution in [3.63, 3.8) is 0 Å². The van der Waals surface area contributed by atoms with Gasteiger partial charge in [0.15, 0.2) is 11.5 Å². The first kappa shape index (κ1) is 34.3. The Hall–Kier alpha value is -4.61. The number of carbonyl (C=O) groups excluding carboxylic acids is 2. The molecule has 4 aromatic carbocycles. The number of sulfonamides is 1. The van der Waals surface area contributed by atoms with E-state index in [0.717, 1.165) is 47.7 Å². The summed E-state index contributed by atoms with van der Waals surface area (Å²) in [6.45, 7) is -0.0792. The van der Waals surface area contributed by atoms with Gasteiger partial charge in [0.2, 0.25) is 11.8 Å². The molecule has 1 atom stereocenters. The smallest absolute Gasteiger partial charge is 0.264 e. The maximum Gasteiger partial charge on any atom is 0.264 e. The molecule has 1 fully saturated rings. The second-order valence-corrected chi connectivity index (χ2v) is 14.4. The van der Waals surface area contributed by atoms with Gasteiger partial charge in [-0.15, -0.1) is 0 Å². The number of nitrogens with one attached hydrogen (secondary N) is 1. The molecule has 6 rings (SSSR count). The molecule has 0 radical (unpaired) electrons. The molecular formula is C37H37ClFN3O6S. The summed E-state index contributed by atoms with van der Waals surface area (Å²) in [7, 11) is -4.42. The molecule has 49 heavy (non-hydrogen) atoms. The molecule has 0 aromatic heterocycles. The number of hydrogen-bond acceptors (Lipinski definition) is 6. The molecular weight excluding hydrogens is 669 g/mol. The average Bonchev–Trinajstić information content (AvgIpc) is 3.63. The van der Waals surface area contributed by atoms with Crippen molar-refractivity contribution in [1.29, 1.82) is 0 Å². The van der Waals surface area contributed by atoms with Gasteiger partial charge in [-0.2, -0.15) is 0 Å². The van der Waals surface area contributed by atoms with Crippen molar-refractivity contribution in [3.8, 4) is 11.5 Å². The molecule has 1 N–H and O–H groups in total. The average molecular weight is 706 g/mol. The second-order valence-electron chi connectivity index (χ2n) is 12.1. The zero-order chi connectivity index (χ0) is 34.4. The van der Waals surface area contributed by atoms with Crippen LogP contribution in [-0.2, 0) is 32.6 Å². The molecule has 9 nitrogen and oxygen atoms in total. The first-order chi connectivity index (χ1) is 23.7. The maximum atomic E-state index is 14.6. The van der Waals surface area contributed by atoms with Crippen molar-refractivity contribution in [2.24, 2.45) is 0 Å². The van der Waals surface area contributed by atoms with Crippen LogP contribution in [0, 0.1) is 5.82 Å². The molecule has 12 heteroatoms. The standard InChI is InChI=1S/C37H37ClFN3O6S/c38-28-12-10-27(11-13-28)24-41(33(22-26-6-2-1-3-7-26)37(44)40-30-8-4-5-9-30)36(43)25-42(31-16-14-29(39)15-17-31)49(45,46)32-18-19-34-35(23-32)48-21-20-47-34/h1-3,6-7,10-19,23,30,33H,4-5,8-9,20-22,24-25H2,(H,40,44). The number of carbonyl (C=O) groups is 2. The number of anilines is 1. The minimum absolute atomic E-state index is 0.00686. The third-order valence-corrected chi connectivity index (χ3v) is 10.8. The van der Waals surface area contributed by atoms with Gasteiger partial charge >= 0.3 is 0 Å². The number of fused-ring (bicyclic) bond motifs is 1. The predicted molar refractivity (Wildman–Crippen MR) is 185 cm³/mol. The molecule has 0 spiro atoms. The van der Waals surface area contributed by atoms with Gasteiger partial charge in [0.25, 0.3) is 10.0 Å². The van der Waals surface area contributed by atoms with Crippen LogP contribution in [0.3, 0.4) is 0 Å². The molecule has 4 aromatic rings. The van der Waals surface area contributed by atoms with Crippen LogP contribution >= 0.6 is 11.6 Å². The van der Waals surface area contributed by atoms with E-state index in [2.05, 4.69) is 5.32 Å². The summed E-state index contributed by atoms with van der Waals surface area (Å²) >= 11 is 6.17. The topological polar surface area (TPSA) is 105 Å². The van der Waals surface area contributed by atoms with Gasteiger partial charge in [-0.05, 0) is 72.5 Å². The SMILES string of the molecule is O=C(NC1CCCC1)C(Cc1ccccc1)N(Cc1ccc(Cl)cc1)C(=O)CN(c1ccc(F)cc1)S(=O)(=O)c1ccc2c(c1)OCCO2. The van der Waals surface area contributed by atoms with Gasteiger partial charge in [0.05, 0.1) is 10.6 Å². The Morgan fingerprint density at radius 1 is 0.857 bits per heavy atom. The fourth-order valence-electron chi connectivity index (χ4n) is 6.16. The van der Waals surface area contributed by atoms with E-state index in [-0.39, 0.29) is 47.9 Å². The van der Waals surface area contributed by atoms with Crippen molar-refractivity contribution >= 4 is 39.1 Å². The number of nitrogens with zero attached hydrogens (tertiary/aromatic N) is 2. The maximum absolute atomic E-state index is 14.6. The van der Waals surface area contributed by atoms with Crippen molar-refractivity contribution in [3.05, 3.63) is 119 Å². The van der Waals surface area contributed by atoms with Gasteiger partial charge < -0.3 is 19.7 Å². The Morgan fingerprint density at radius 2 is 1.53 bits per heavy atom. The van der Waals surface area contributed by atoms with E-state index in [1.54, 1.807) is 24.3 Å². The molecule has 1 aliphatic carbocycles. The Bertz CT molecular complexity index is 1870. The largest absolute Gasteiger partial charge is 0.486 e. The third-order valence-electron chi connectivity index (χ3n) is 8.73. The number of hydrogen-bond donors (Lipinski definition) is 1. The minimum Gasteiger partial charge on any atom is -0.486 e. The second kappa shape index (κ2) is 15.3. The summed E-state index contributed by atoms with van der Waals surface area (Å²) in [6, 6.07) is 24.4. The van der Waals surface area contributed by atoms with Gasteiger partial charge in [0.1, 0.15) is 31.6 Å². The molecule has 0 saturated heterocycles. The molecule has 2 aliphatic rings. The molecule has 1 unspecified atom stereocenters. The van der Waals surface area contributed by atoms with Crippen LogP contribution in [0.15, 0.2) is 102 Å². The van der Waals surface area contributed by atoms with Gasteiger partial charge in [-0.25, -0.2) is 12.8 Å². The van der Waals surface area contributed by atoms with Crippen molar-refractivity contribution in [1.82, 2.24) is 10.2 Å². The van der Waals surface area contributed by atoms with Crippen LogP contribution in [0.2, 0.25) is 5.02 Å². The van der Waals surface area contributed by atoms with Crippen molar-refractivity contribution < 1.29 is 31.9 Å². The number of ether oxygens (including phenoxy) is 2. The van der Waals surface area contributed by atoms with Crippen molar-refractivity contribution in [2.45, 2.75) is 55.6 Å². The monoisotopic (exact) mass is 705 g/mol. The molecule has 0 bridgehead atoms. The van der Waals surface area contributed by atoms with E-state index in [0.29, 0.717) is 22.9 Å². The Labute approximate surface area is 290 Å². The van der Waals surface area contributed by atoms with Crippen LogP contribution in [-0.4, -0.2) is 57.0 Å². The lowest BCUT2D eigenvalue weighted by atomic mass is 10.0. The van der Waals surface area contributed by atoms with Gasteiger partial charge in [-0.3, -0.25) is 13.9 Å². The number of benzene rings is 4. The third kappa shape index (κ3) is 8.34. The summed E-state index contributed by atoms with van der Waals surface area (Å²) in [4.78, 5) is 30.0. The van der Waals surface area contributed by atoms with E-state index in [9.17, 15) is 22.4 Å². The Kier molecular flexibility index (Phi) is 10.7. The summed E-state index contributed by atoms with van der Waals surface area (Å²) in [5, 5.41) is 3.66. The van der Waals surface area contributed by atoms with Crippen LogP contribution in [0.4, 0.5) is 10.1 Å². The lowest BCUT2D eigenvalue weighted by molar-refractivity contribution is -0.140. The lowest BCUT2D eigenvalue weighted by Crippen LogP contribution is -2.54. The van der Waals surface area contributed by atoms with Crippen LogP contribution in [0.25, 0.3) is 0 Å². The zero-order valence-electron chi connectivity index (χ0n) is 26.8. The van der Waals surface area contributed by atoms with E-state index in [1.165, 1.54) is 35.2 Å². The Morgan fingerprint density at radius 3 is 2.22 bits per heavy atom. The van der Waals surface area contributed by atoms with Crippen molar-refractivity contribution in [2.75, 3.05) is 24.1 Å². The molecule has 1 saturated carbocycles. The predicted octanol–water partition coefficient (Wildman–Crippen LogP) is 6.14. The summed E-state index contributed by atoms with van der Waals surface area (Å²) in [5.41, 5.74) is 1.61. The number of rotatable bonds is 12. The first-order valence-corrected chi connectivity index (χ1v) is 18.1. The van der Waals surface area contributed by atoms with Crippen LogP contribution < -0.4 is 19.1 Å². The molecule has 1 heterocycles. The van der Waals surface area contributed by atoms with E-state index in [4.69, 9.17) is 21.1 Å². The molecule has 2 amide bonds. The highest BCUT2D eigenvalue weighted by Crippen LogP contribution is 2.34. The zero-order valence-corrected chi connectivity index (χ0v) is 28.3. The van der Waals surface area contributed by atoms with E-state index < -0.39 is 34.3 Å². The first-order valence-electron chi connectivity index (χ1n) is 16.2. The Balaban J connectivity index is 1.39. The highest BCUT2D eigenvalue weighted by molar-refractivity contribution is 7.92. The highest BCUT2D eigenvalue weighted by Gasteiger charge is 2.36. The molecule has 1 aliphatic heterocycles. The quantitative estimate of drug-likeness (QED) is 0.190. The van der Waals surface area contributed by atoms with Gasteiger partial charge in [0, 0.05) is 30.1 Å². The number of halogens is 2. The van der Waals surface area contributed by atoms with E-state index >= 15 is 0 Å². The lowest BCUT2D eigenvalue weighted by Gasteiger charge is -2.34. The molecule has 256 valence electrons. The summed E-state index contributed by atoms with van der Waals surface area (Å²) < 4.78 is 54.9. The van der Waals surface area contributed by atoms with Crippen LogP contribution in [0.5, 0.6) is 11.5 Å². The van der Waals surface area contributed by atoms with E-state index in [1.807, 2.05) is 30.3 Å². The van der Waals surface area contributed by atoms with Gasteiger partial charge in [-0.1, -0.05) is 66.9 Å². The summed E-state index contributed by atoms with van der Waals surface area (Å²) in [5.74, 6) is -0.846. The fourth-order valence-corrected chi connectivity index (χ4v) is 7.71. The fraction of sp³-hybridized carbons (Fsp3) is 0.297. The minimum atomic E-state index is -4.42. The highest BCUT2D eigenvalue weighted by atomic mass is 35.5. The van der Waals surface area contributed by atoms with Crippen LogP contribution in [0.1, 0.15) is 36.8 Å². The summed E-state index contributed by atoms with van der Waals surface area (Å²) in [6.07, 6.45) is 3.91.